The molecule has 0 saturated carbocycles. The second-order valence-corrected chi connectivity index (χ2v) is 7.95. The molecule has 0 aliphatic rings. The van der Waals surface area contributed by atoms with E-state index in [2.05, 4.69) is 15.1 Å². The number of rotatable bonds is 8. The zero-order valence-electron chi connectivity index (χ0n) is 20.9. The molecule has 2 aromatic heterocycles. The molecule has 0 aliphatic carbocycles. The highest BCUT2D eigenvalue weighted by Gasteiger charge is 2.12. The van der Waals surface area contributed by atoms with Crippen molar-refractivity contribution < 1.29 is 18.9 Å². The Bertz CT molecular complexity index is 1640. The monoisotopic (exact) mass is 495 g/mol. The molecular weight excluding hydrogens is 470 g/mol. The van der Waals surface area contributed by atoms with Crippen LogP contribution in [0.4, 0.5) is 5.95 Å². The number of aromatic nitrogens is 4. The van der Waals surface area contributed by atoms with Gasteiger partial charge in [-0.05, 0) is 59.7 Å². The second-order valence-electron chi connectivity index (χ2n) is 7.95. The largest absolute Gasteiger partial charge is 0.493 e. The lowest BCUT2D eigenvalue weighted by atomic mass is 10.2. The highest BCUT2D eigenvalue weighted by Crippen LogP contribution is 2.29. The van der Waals surface area contributed by atoms with Crippen LogP contribution < -0.4 is 18.9 Å². The molecule has 3 aromatic carbocycles. The third-order valence-corrected chi connectivity index (χ3v) is 5.76. The summed E-state index contributed by atoms with van der Waals surface area (Å²) in [6, 6.07) is 19.1. The van der Waals surface area contributed by atoms with E-state index in [4.69, 9.17) is 23.9 Å². The minimum atomic E-state index is 0.314. The van der Waals surface area contributed by atoms with Crippen LogP contribution in [0.5, 0.6) is 23.0 Å². The van der Waals surface area contributed by atoms with Gasteiger partial charge in [-0.1, -0.05) is 24.3 Å². The van der Waals surface area contributed by atoms with Gasteiger partial charge in [-0.2, -0.15) is 9.50 Å². The number of methoxy groups -OCH3 is 4. The van der Waals surface area contributed by atoms with E-state index in [1.54, 1.807) is 39.2 Å². The predicted molar refractivity (Wildman–Crippen MR) is 144 cm³/mol. The van der Waals surface area contributed by atoms with Crippen LogP contribution in [0.3, 0.4) is 0 Å². The van der Waals surface area contributed by atoms with Crippen molar-refractivity contribution in [1.82, 2.24) is 19.6 Å². The number of nitrogens with zero attached hydrogens (tertiary/aromatic N) is 5. The van der Waals surface area contributed by atoms with E-state index in [1.165, 1.54) is 0 Å². The molecular formula is C28H25N5O4. The molecule has 0 spiro atoms. The SMILES string of the molecule is COc1ccc(/C=N\c2nc3c4ccccc4nc(/C=C/c4ccc(OC)c(OC)c4)n3n2)cc1OC. The number of benzene rings is 3. The van der Waals surface area contributed by atoms with Crippen molar-refractivity contribution in [2.75, 3.05) is 28.4 Å². The molecule has 0 N–H and O–H groups in total. The highest BCUT2D eigenvalue weighted by molar-refractivity contribution is 5.92. The Labute approximate surface area is 213 Å². The van der Waals surface area contributed by atoms with E-state index in [0.29, 0.717) is 40.4 Å². The van der Waals surface area contributed by atoms with Gasteiger partial charge in [-0.15, -0.1) is 5.10 Å². The van der Waals surface area contributed by atoms with Crippen LogP contribution in [0.15, 0.2) is 65.7 Å². The van der Waals surface area contributed by atoms with Crippen molar-refractivity contribution in [3.05, 3.63) is 77.6 Å². The van der Waals surface area contributed by atoms with Crippen LogP contribution in [-0.2, 0) is 0 Å². The number of aliphatic imine (C=N–C) groups is 1. The number of fused-ring (bicyclic) bond motifs is 3. The Balaban J connectivity index is 1.55. The van der Waals surface area contributed by atoms with E-state index < -0.39 is 0 Å². The smallest absolute Gasteiger partial charge is 0.269 e. The topological polar surface area (TPSA) is 92.4 Å². The number of ether oxygens (including phenoxy) is 4. The first-order valence-electron chi connectivity index (χ1n) is 11.4. The van der Waals surface area contributed by atoms with Crippen LogP contribution in [0.1, 0.15) is 17.0 Å². The molecule has 186 valence electrons. The van der Waals surface area contributed by atoms with Gasteiger partial charge in [-0.25, -0.2) is 9.98 Å². The molecule has 0 fully saturated rings. The summed E-state index contributed by atoms with van der Waals surface area (Å²) in [4.78, 5) is 14.0. The maximum atomic E-state index is 5.42. The molecule has 9 heteroatoms. The number of hydrogen-bond acceptors (Lipinski definition) is 8. The first-order valence-corrected chi connectivity index (χ1v) is 11.4. The summed E-state index contributed by atoms with van der Waals surface area (Å²) >= 11 is 0. The summed E-state index contributed by atoms with van der Waals surface area (Å²) < 4.78 is 23.1. The first-order chi connectivity index (χ1) is 18.1. The third-order valence-electron chi connectivity index (χ3n) is 5.76. The number of hydrogen-bond donors (Lipinski definition) is 0. The van der Waals surface area contributed by atoms with Gasteiger partial charge in [0.2, 0.25) is 0 Å². The van der Waals surface area contributed by atoms with Crippen molar-refractivity contribution in [1.29, 1.82) is 0 Å². The maximum Gasteiger partial charge on any atom is 0.269 e. The van der Waals surface area contributed by atoms with Gasteiger partial charge in [0.25, 0.3) is 5.95 Å². The Kier molecular flexibility index (Phi) is 6.67. The fourth-order valence-corrected chi connectivity index (χ4v) is 3.92. The van der Waals surface area contributed by atoms with Gasteiger partial charge >= 0.3 is 0 Å². The summed E-state index contributed by atoms with van der Waals surface area (Å²) in [6.45, 7) is 0. The summed E-state index contributed by atoms with van der Waals surface area (Å²) in [5.41, 5.74) is 3.22. The lowest BCUT2D eigenvalue weighted by Gasteiger charge is -2.07. The fraction of sp³-hybridized carbons (Fsp3) is 0.143. The predicted octanol–water partition coefficient (Wildman–Crippen LogP) is 5.23. The Morgan fingerprint density at radius 3 is 2.05 bits per heavy atom. The zero-order valence-corrected chi connectivity index (χ0v) is 20.9. The molecule has 5 rings (SSSR count). The van der Waals surface area contributed by atoms with Crippen LogP contribution >= 0.6 is 0 Å². The standard InChI is InChI=1S/C28H25N5O4/c1-34-22-12-9-18(15-24(22)36-3)11-14-26-30-21-8-6-5-7-20(21)27-31-28(32-33(26)27)29-17-19-10-13-23(35-2)25(16-19)37-4/h5-17H,1-4H3/b14-11+,29-17-. The van der Waals surface area contributed by atoms with Gasteiger partial charge in [-0.3, -0.25) is 0 Å². The van der Waals surface area contributed by atoms with Crippen LogP contribution in [-0.4, -0.2) is 54.2 Å². The van der Waals surface area contributed by atoms with Gasteiger partial charge in [0.1, 0.15) is 0 Å². The molecule has 0 radical (unpaired) electrons. The summed E-state index contributed by atoms with van der Waals surface area (Å²) in [6.07, 6.45) is 5.51. The summed E-state index contributed by atoms with van der Waals surface area (Å²) in [5.74, 6) is 3.51. The molecule has 0 atom stereocenters. The first kappa shape index (κ1) is 23.8. The van der Waals surface area contributed by atoms with Gasteiger partial charge < -0.3 is 18.9 Å². The maximum absolute atomic E-state index is 5.42. The van der Waals surface area contributed by atoms with Crippen LogP contribution in [0, 0.1) is 0 Å². The van der Waals surface area contributed by atoms with Crippen molar-refractivity contribution >= 4 is 40.9 Å². The van der Waals surface area contributed by atoms with Crippen LogP contribution in [0.25, 0.3) is 28.7 Å². The van der Waals surface area contributed by atoms with Gasteiger partial charge in [0.15, 0.2) is 34.5 Å². The molecule has 37 heavy (non-hydrogen) atoms. The molecule has 9 nitrogen and oxygen atoms in total. The van der Waals surface area contributed by atoms with Crippen molar-refractivity contribution in [3.8, 4) is 23.0 Å². The van der Waals surface area contributed by atoms with Crippen molar-refractivity contribution in [3.63, 3.8) is 0 Å². The van der Waals surface area contributed by atoms with E-state index in [0.717, 1.165) is 22.0 Å². The third kappa shape index (κ3) is 4.79. The van der Waals surface area contributed by atoms with Gasteiger partial charge in [0.05, 0.1) is 34.0 Å². The molecule has 0 aliphatic heterocycles. The van der Waals surface area contributed by atoms with E-state index in [9.17, 15) is 0 Å². The molecule has 0 amide bonds. The van der Waals surface area contributed by atoms with Crippen molar-refractivity contribution in [2.45, 2.75) is 0 Å². The second kappa shape index (κ2) is 10.4. The Morgan fingerprint density at radius 2 is 1.35 bits per heavy atom. The molecule has 0 bridgehead atoms. The quantitative estimate of drug-likeness (QED) is 0.272. The van der Waals surface area contributed by atoms with Crippen molar-refractivity contribution in [2.24, 2.45) is 4.99 Å². The lowest BCUT2D eigenvalue weighted by Crippen LogP contribution is -1.98. The average Bonchev–Trinajstić information content (AvgIpc) is 3.39. The van der Waals surface area contributed by atoms with E-state index in [-0.39, 0.29) is 0 Å². The minimum absolute atomic E-state index is 0.314. The molecule has 2 heterocycles. The Hall–Kier alpha value is -4.92. The zero-order chi connectivity index (χ0) is 25.8. The lowest BCUT2D eigenvalue weighted by molar-refractivity contribution is 0.355. The highest BCUT2D eigenvalue weighted by atomic mass is 16.5. The molecule has 0 unspecified atom stereocenters. The summed E-state index contributed by atoms with van der Waals surface area (Å²) in [5, 5.41) is 5.50. The fourth-order valence-electron chi connectivity index (χ4n) is 3.92. The molecule has 0 saturated heterocycles. The average molecular weight is 496 g/mol. The van der Waals surface area contributed by atoms with Crippen LogP contribution in [0.2, 0.25) is 0 Å². The van der Waals surface area contributed by atoms with E-state index >= 15 is 0 Å². The Morgan fingerprint density at radius 1 is 0.703 bits per heavy atom. The van der Waals surface area contributed by atoms with Gasteiger partial charge in [0, 0.05) is 11.6 Å². The molecule has 5 aromatic rings. The minimum Gasteiger partial charge on any atom is -0.493 e. The van der Waals surface area contributed by atoms with E-state index in [1.807, 2.05) is 72.8 Å². The number of para-hydroxylation sites is 1. The summed E-state index contributed by atoms with van der Waals surface area (Å²) in [7, 11) is 6.41. The normalized spacial score (nSPS) is 11.6.